The van der Waals surface area contributed by atoms with E-state index >= 15 is 0 Å². The first kappa shape index (κ1) is 21.0. The van der Waals surface area contributed by atoms with E-state index in [0.717, 1.165) is 11.3 Å². The Morgan fingerprint density at radius 2 is 1.65 bits per heavy atom. The van der Waals surface area contributed by atoms with Crippen LogP contribution in [0.25, 0.3) is 22.1 Å². The smallest absolute Gasteiger partial charge is 0.763 e. The van der Waals surface area contributed by atoms with Gasteiger partial charge in [-0.05, 0) is 18.2 Å². The van der Waals surface area contributed by atoms with Crippen molar-refractivity contribution in [1.82, 2.24) is 4.98 Å². The Labute approximate surface area is 151 Å². The first-order valence-electron chi connectivity index (χ1n) is 6.08. The van der Waals surface area contributed by atoms with Crippen LogP contribution in [0.4, 0.5) is 0 Å². The molecule has 0 saturated heterocycles. The van der Waals surface area contributed by atoms with Crippen molar-refractivity contribution in [2.24, 2.45) is 0 Å². The van der Waals surface area contributed by atoms with Gasteiger partial charge >= 0.3 is 22.4 Å². The average molecular weight is 507 g/mol. The number of nitrogens with zero attached hydrogens (tertiary/aromatic N) is 3. The molecule has 2 rings (SSSR count). The van der Waals surface area contributed by atoms with E-state index in [9.17, 15) is 8.42 Å². The van der Waals surface area contributed by atoms with Crippen molar-refractivity contribution in [3.8, 4) is 11.3 Å². The summed E-state index contributed by atoms with van der Waals surface area (Å²) in [5, 5.41) is 16.4. The molecule has 0 aliphatic rings. The van der Waals surface area contributed by atoms with Crippen molar-refractivity contribution in [2.75, 3.05) is 0 Å². The maximum Gasteiger partial charge on any atom is 3.00 e. The van der Waals surface area contributed by atoms with Crippen LogP contribution in [0.1, 0.15) is 5.56 Å². The summed E-state index contributed by atoms with van der Waals surface area (Å²) < 4.78 is 20.5. The summed E-state index contributed by atoms with van der Waals surface area (Å²) >= 11 is 0. The monoisotopic (exact) mass is 507 g/mol. The van der Waals surface area contributed by atoms with Gasteiger partial charge < -0.3 is 10.8 Å². The van der Waals surface area contributed by atoms with Crippen molar-refractivity contribution >= 4 is 21.6 Å². The number of aromatic nitrogens is 1. The molecule has 7 heteroatoms. The molecular weight excluding hydrogens is 495 g/mol. The van der Waals surface area contributed by atoms with E-state index < -0.39 is 9.84 Å². The second-order valence-corrected chi connectivity index (χ2v) is 5.74. The fraction of sp³-hybridized carbons (Fsp3) is 0.0625. The molecule has 0 saturated carbocycles. The molecule has 0 bridgehead atoms. The van der Waals surface area contributed by atoms with Gasteiger partial charge in [-0.25, -0.2) is 20.6 Å². The zero-order valence-corrected chi connectivity index (χ0v) is 15.0. The number of pyridine rings is 1. The van der Waals surface area contributed by atoms with E-state index in [-0.39, 0.29) is 22.4 Å². The second-order valence-electron chi connectivity index (χ2n) is 4.09. The SMILES string of the molecule is Cc1ccc(-c2cc[c-]cn2)cc1.[Au+3].[N-]=C=CS(=O)(=O)C=C=[N-]. The van der Waals surface area contributed by atoms with Crippen molar-refractivity contribution in [3.63, 3.8) is 0 Å². The Bertz CT molecular complexity index is 782. The van der Waals surface area contributed by atoms with Gasteiger partial charge in [0.2, 0.25) is 9.84 Å². The van der Waals surface area contributed by atoms with Gasteiger partial charge in [0.05, 0.1) is 10.8 Å². The zero-order valence-electron chi connectivity index (χ0n) is 12.1. The molecule has 0 atom stereocenters. The fourth-order valence-electron chi connectivity index (χ4n) is 1.40. The Hall–Kier alpha value is -2.04. The largest absolute Gasteiger partial charge is 3.00 e. The fourth-order valence-corrected chi connectivity index (χ4v) is 1.76. The van der Waals surface area contributed by atoms with Gasteiger partial charge in [0.25, 0.3) is 0 Å². The van der Waals surface area contributed by atoms with Crippen LogP contribution in [0.2, 0.25) is 0 Å². The first-order valence-corrected chi connectivity index (χ1v) is 7.69. The maximum atomic E-state index is 10.3. The van der Waals surface area contributed by atoms with Crippen LogP contribution in [-0.4, -0.2) is 25.1 Å². The van der Waals surface area contributed by atoms with Crippen molar-refractivity contribution in [1.29, 1.82) is 0 Å². The van der Waals surface area contributed by atoms with Gasteiger partial charge in [-0.15, -0.1) is 0 Å². The van der Waals surface area contributed by atoms with Crippen LogP contribution in [0.5, 0.6) is 0 Å². The van der Waals surface area contributed by atoms with Gasteiger partial charge in [0, 0.05) is 0 Å². The number of hydrogen-bond acceptors (Lipinski definition) is 3. The van der Waals surface area contributed by atoms with Crippen molar-refractivity contribution < 1.29 is 30.8 Å². The summed E-state index contributed by atoms with van der Waals surface area (Å²) in [4.78, 5) is 4.22. The Morgan fingerprint density at radius 1 is 1.09 bits per heavy atom. The molecule has 0 amide bonds. The molecular formula is C16H12AuN3O2S. The van der Waals surface area contributed by atoms with E-state index in [4.69, 9.17) is 10.8 Å². The van der Waals surface area contributed by atoms with E-state index in [1.807, 2.05) is 12.1 Å². The third-order valence-electron chi connectivity index (χ3n) is 2.40. The number of aryl methyl sites for hydroxylation is 1. The number of benzene rings is 1. The van der Waals surface area contributed by atoms with Crippen molar-refractivity contribution in [3.05, 3.63) is 75.9 Å². The summed E-state index contributed by atoms with van der Waals surface area (Å²) in [6.07, 6.45) is 1.69. The van der Waals surface area contributed by atoms with Crippen LogP contribution in [0, 0.1) is 13.0 Å². The van der Waals surface area contributed by atoms with Gasteiger partial charge in [-0.3, -0.25) is 16.7 Å². The van der Waals surface area contributed by atoms with Crippen LogP contribution in [-0.2, 0) is 32.2 Å². The normalized spacial score (nSPS) is 9.09. The van der Waals surface area contributed by atoms with Gasteiger partial charge in [-0.2, -0.15) is 6.07 Å². The minimum absolute atomic E-state index is 0. The maximum absolute atomic E-state index is 10.3. The van der Waals surface area contributed by atoms with Gasteiger partial charge in [-0.1, -0.05) is 36.0 Å². The number of rotatable bonds is 3. The van der Waals surface area contributed by atoms with Crippen LogP contribution in [0.15, 0.2) is 53.4 Å². The molecule has 0 N–H and O–H groups in total. The third-order valence-corrected chi connectivity index (χ3v) is 3.26. The predicted octanol–water partition coefficient (Wildman–Crippen LogP) is 2.76. The van der Waals surface area contributed by atoms with Gasteiger partial charge in [0.15, 0.2) is 0 Å². The molecule has 0 fully saturated rings. The molecule has 120 valence electrons. The van der Waals surface area contributed by atoms with Crippen LogP contribution >= 0.6 is 0 Å². The molecule has 2 aromatic rings. The second kappa shape index (κ2) is 10.6. The molecule has 1 aromatic heterocycles. The predicted molar refractivity (Wildman–Crippen MR) is 88.0 cm³/mol. The average Bonchev–Trinajstić information content (AvgIpc) is 2.49. The summed E-state index contributed by atoms with van der Waals surface area (Å²) in [5.41, 5.74) is 3.42. The quantitative estimate of drug-likeness (QED) is 0.364. The molecule has 0 aliphatic carbocycles. The molecule has 1 aromatic carbocycles. The molecule has 0 unspecified atom stereocenters. The molecule has 0 aliphatic heterocycles. The molecule has 0 spiro atoms. The zero-order chi connectivity index (χ0) is 16.4. The van der Waals surface area contributed by atoms with E-state index in [1.54, 1.807) is 6.20 Å². The number of sulfone groups is 1. The summed E-state index contributed by atoms with van der Waals surface area (Å²) in [6.45, 7) is 2.08. The molecule has 23 heavy (non-hydrogen) atoms. The first-order chi connectivity index (χ1) is 10.5. The Balaban J connectivity index is 0.000000434. The minimum atomic E-state index is -3.65. The Kier molecular flexibility index (Phi) is 9.70. The van der Waals surface area contributed by atoms with Crippen molar-refractivity contribution in [2.45, 2.75) is 6.92 Å². The summed E-state index contributed by atoms with van der Waals surface area (Å²) in [6, 6.07) is 15.1. The standard InChI is InChI=1S/C12H10N.C4H2N2O2S.Au/c1-10-5-7-11(8-6-10)12-4-2-3-9-13-12;5-1-3-9(7,8)4-2-6;/h2,4-9H,1H3;3-4H;/q-1;-2;+3. The summed E-state index contributed by atoms with van der Waals surface area (Å²) in [5.74, 6) is 2.59. The van der Waals surface area contributed by atoms with E-state index in [1.165, 1.54) is 17.3 Å². The van der Waals surface area contributed by atoms with E-state index in [0.29, 0.717) is 10.8 Å². The van der Waals surface area contributed by atoms with E-state index in [2.05, 4.69) is 42.2 Å². The van der Waals surface area contributed by atoms with Crippen LogP contribution in [0.3, 0.4) is 0 Å². The Morgan fingerprint density at radius 3 is 2.09 bits per heavy atom. The molecule has 0 radical (unpaired) electrons. The van der Waals surface area contributed by atoms with Crippen LogP contribution < -0.4 is 0 Å². The summed E-state index contributed by atoms with van der Waals surface area (Å²) in [7, 11) is -3.65. The topological polar surface area (TPSA) is 91.6 Å². The molecule has 1 heterocycles. The number of hydrogen-bond donors (Lipinski definition) is 0. The van der Waals surface area contributed by atoms with Gasteiger partial charge in [0.1, 0.15) is 0 Å². The third kappa shape index (κ3) is 8.24. The minimum Gasteiger partial charge on any atom is -0.763 e. The molecule has 5 nitrogen and oxygen atoms in total.